The second-order valence-corrected chi connectivity index (χ2v) is 5.59. The molecule has 0 saturated carbocycles. The summed E-state index contributed by atoms with van der Waals surface area (Å²) < 4.78 is 16.0. The van der Waals surface area contributed by atoms with E-state index in [9.17, 15) is 0 Å². The minimum atomic E-state index is 0.511. The van der Waals surface area contributed by atoms with Gasteiger partial charge in [0.25, 0.3) is 0 Å². The number of rotatable bonds is 9. The summed E-state index contributed by atoms with van der Waals surface area (Å²) in [6.45, 7) is 1.13. The quantitative estimate of drug-likeness (QED) is 0.559. The smallest absolute Gasteiger partial charge is 0.135 e. The summed E-state index contributed by atoms with van der Waals surface area (Å²) in [6, 6.07) is 17.0. The maximum atomic E-state index is 5.69. The van der Waals surface area contributed by atoms with Gasteiger partial charge in [-0.1, -0.05) is 0 Å². The van der Waals surface area contributed by atoms with Crippen molar-refractivity contribution in [3.05, 3.63) is 60.9 Å². The lowest BCUT2D eigenvalue weighted by molar-refractivity contribution is 0.331. The molecular weight excluding hydrogens is 344 g/mol. The summed E-state index contributed by atoms with van der Waals surface area (Å²) >= 11 is 0. The number of methoxy groups -OCH3 is 2. The fourth-order valence-electron chi connectivity index (χ4n) is 2.36. The van der Waals surface area contributed by atoms with Gasteiger partial charge in [-0.05, 0) is 48.5 Å². The van der Waals surface area contributed by atoms with Crippen LogP contribution >= 0.6 is 0 Å². The van der Waals surface area contributed by atoms with Gasteiger partial charge in [0.05, 0.1) is 20.8 Å². The van der Waals surface area contributed by atoms with Crippen molar-refractivity contribution in [1.82, 2.24) is 9.97 Å². The highest BCUT2D eigenvalue weighted by atomic mass is 16.5. The average Bonchev–Trinajstić information content (AvgIpc) is 2.72. The van der Waals surface area contributed by atoms with Crippen LogP contribution in [-0.2, 0) is 0 Å². The molecule has 1 heterocycles. The molecule has 2 N–H and O–H groups in total. The molecule has 27 heavy (non-hydrogen) atoms. The maximum absolute atomic E-state index is 5.69. The normalized spacial score (nSPS) is 10.1. The monoisotopic (exact) mass is 366 g/mol. The molecule has 0 saturated heterocycles. The summed E-state index contributed by atoms with van der Waals surface area (Å²) in [4.78, 5) is 8.45. The second kappa shape index (κ2) is 9.28. The van der Waals surface area contributed by atoms with Crippen molar-refractivity contribution in [2.24, 2.45) is 0 Å². The molecule has 0 aliphatic heterocycles. The van der Waals surface area contributed by atoms with Crippen molar-refractivity contribution in [3.8, 4) is 17.2 Å². The number of aromatic nitrogens is 2. The number of hydrogen-bond acceptors (Lipinski definition) is 7. The van der Waals surface area contributed by atoms with E-state index in [1.807, 2.05) is 54.6 Å². The summed E-state index contributed by atoms with van der Waals surface area (Å²) in [6.07, 6.45) is 1.51. The molecule has 7 heteroatoms. The lowest BCUT2D eigenvalue weighted by Crippen LogP contribution is -2.12. The zero-order valence-corrected chi connectivity index (χ0v) is 15.3. The van der Waals surface area contributed by atoms with Crippen LogP contribution in [0.2, 0.25) is 0 Å². The molecule has 0 amide bonds. The standard InChI is InChI=1S/C20H22N4O3/c1-25-16-5-3-15(4-6-16)24-20-13-19(22-14-23-20)21-11-12-27-18-9-7-17(26-2)8-10-18/h3-10,13-14H,11-12H2,1-2H3,(H2,21,22,23,24). The largest absolute Gasteiger partial charge is 0.497 e. The van der Waals surface area contributed by atoms with Gasteiger partial charge in [0.15, 0.2) is 0 Å². The molecule has 0 spiro atoms. The molecular formula is C20H22N4O3. The summed E-state index contributed by atoms with van der Waals surface area (Å²) in [7, 11) is 3.28. The first-order chi connectivity index (χ1) is 13.3. The Kier molecular flexibility index (Phi) is 6.30. The fourth-order valence-corrected chi connectivity index (χ4v) is 2.36. The Hall–Kier alpha value is -3.48. The van der Waals surface area contributed by atoms with Crippen LogP contribution in [-0.4, -0.2) is 37.3 Å². The molecule has 0 aliphatic carbocycles. The van der Waals surface area contributed by atoms with E-state index in [1.54, 1.807) is 14.2 Å². The summed E-state index contributed by atoms with van der Waals surface area (Å²) in [5.41, 5.74) is 0.920. The van der Waals surface area contributed by atoms with Crippen LogP contribution in [0.15, 0.2) is 60.9 Å². The average molecular weight is 366 g/mol. The van der Waals surface area contributed by atoms with Gasteiger partial charge in [-0.15, -0.1) is 0 Å². The topological polar surface area (TPSA) is 77.5 Å². The summed E-state index contributed by atoms with van der Waals surface area (Å²) in [5.74, 6) is 3.83. The van der Waals surface area contributed by atoms with Crippen LogP contribution in [0.25, 0.3) is 0 Å². The van der Waals surface area contributed by atoms with Crippen molar-refractivity contribution >= 4 is 17.3 Å². The van der Waals surface area contributed by atoms with E-state index in [0.29, 0.717) is 19.0 Å². The van der Waals surface area contributed by atoms with E-state index in [-0.39, 0.29) is 0 Å². The van der Waals surface area contributed by atoms with Gasteiger partial charge >= 0.3 is 0 Å². The first-order valence-corrected chi connectivity index (χ1v) is 8.50. The van der Waals surface area contributed by atoms with E-state index in [1.165, 1.54) is 6.33 Å². The first kappa shape index (κ1) is 18.3. The minimum absolute atomic E-state index is 0.511. The van der Waals surface area contributed by atoms with Crippen molar-refractivity contribution < 1.29 is 14.2 Å². The number of benzene rings is 2. The lowest BCUT2D eigenvalue weighted by Gasteiger charge is -2.10. The predicted molar refractivity (Wildman–Crippen MR) is 105 cm³/mol. The number of hydrogen-bond donors (Lipinski definition) is 2. The maximum Gasteiger partial charge on any atom is 0.135 e. The number of ether oxygens (including phenoxy) is 3. The van der Waals surface area contributed by atoms with Crippen LogP contribution < -0.4 is 24.8 Å². The van der Waals surface area contributed by atoms with Crippen LogP contribution in [0.4, 0.5) is 17.3 Å². The Morgan fingerprint density at radius 3 is 2.04 bits per heavy atom. The summed E-state index contributed by atoms with van der Waals surface area (Å²) in [5, 5.41) is 6.45. The minimum Gasteiger partial charge on any atom is -0.497 e. The predicted octanol–water partition coefficient (Wildman–Crippen LogP) is 3.73. The van der Waals surface area contributed by atoms with Gasteiger partial charge in [0, 0.05) is 11.8 Å². The zero-order chi connectivity index (χ0) is 18.9. The highest BCUT2D eigenvalue weighted by molar-refractivity contribution is 5.59. The molecule has 3 aromatic rings. The van der Waals surface area contributed by atoms with Crippen molar-refractivity contribution in [1.29, 1.82) is 0 Å². The van der Waals surface area contributed by atoms with E-state index in [4.69, 9.17) is 14.2 Å². The Balaban J connectivity index is 1.48. The van der Waals surface area contributed by atoms with E-state index in [2.05, 4.69) is 20.6 Å². The third-order valence-corrected chi connectivity index (χ3v) is 3.77. The molecule has 1 aromatic heterocycles. The fraction of sp³-hybridized carbons (Fsp3) is 0.200. The van der Waals surface area contributed by atoms with Crippen LogP contribution in [0, 0.1) is 0 Å². The zero-order valence-electron chi connectivity index (χ0n) is 15.3. The van der Waals surface area contributed by atoms with Gasteiger partial charge in [-0.2, -0.15) is 0 Å². The third kappa shape index (κ3) is 5.50. The van der Waals surface area contributed by atoms with Gasteiger partial charge < -0.3 is 24.8 Å². The van der Waals surface area contributed by atoms with Crippen molar-refractivity contribution in [2.45, 2.75) is 0 Å². The highest BCUT2D eigenvalue weighted by Gasteiger charge is 2.01. The van der Waals surface area contributed by atoms with Crippen molar-refractivity contribution in [2.75, 3.05) is 38.0 Å². The Labute approximate surface area is 158 Å². The van der Waals surface area contributed by atoms with Gasteiger partial charge in [-0.25, -0.2) is 9.97 Å². The Bertz CT molecular complexity index is 839. The van der Waals surface area contributed by atoms with Crippen LogP contribution in [0.5, 0.6) is 17.2 Å². The molecule has 2 aromatic carbocycles. The van der Waals surface area contributed by atoms with Gasteiger partial charge in [0.2, 0.25) is 0 Å². The van der Waals surface area contributed by atoms with Crippen LogP contribution in [0.3, 0.4) is 0 Å². The van der Waals surface area contributed by atoms with E-state index < -0.39 is 0 Å². The second-order valence-electron chi connectivity index (χ2n) is 5.59. The SMILES string of the molecule is COc1ccc(Nc2cc(NCCOc3ccc(OC)cc3)ncn2)cc1. The molecule has 0 atom stereocenters. The molecule has 0 fully saturated rings. The van der Waals surface area contributed by atoms with Gasteiger partial charge in [-0.3, -0.25) is 0 Å². The molecule has 0 aliphatic rings. The Morgan fingerprint density at radius 1 is 0.778 bits per heavy atom. The molecule has 0 bridgehead atoms. The molecule has 0 unspecified atom stereocenters. The first-order valence-electron chi connectivity index (χ1n) is 8.50. The van der Waals surface area contributed by atoms with E-state index >= 15 is 0 Å². The lowest BCUT2D eigenvalue weighted by atomic mass is 10.3. The Morgan fingerprint density at radius 2 is 1.37 bits per heavy atom. The van der Waals surface area contributed by atoms with Crippen LogP contribution in [0.1, 0.15) is 0 Å². The van der Waals surface area contributed by atoms with Gasteiger partial charge in [0.1, 0.15) is 41.8 Å². The molecule has 3 rings (SSSR count). The van der Waals surface area contributed by atoms with Crippen molar-refractivity contribution in [3.63, 3.8) is 0 Å². The third-order valence-electron chi connectivity index (χ3n) is 3.77. The molecule has 140 valence electrons. The molecule has 0 radical (unpaired) electrons. The number of anilines is 3. The molecule has 7 nitrogen and oxygen atoms in total. The number of nitrogens with one attached hydrogen (secondary N) is 2. The highest BCUT2D eigenvalue weighted by Crippen LogP contribution is 2.20. The van der Waals surface area contributed by atoms with E-state index in [0.717, 1.165) is 28.8 Å². The number of nitrogens with zero attached hydrogens (tertiary/aromatic N) is 2.